The predicted octanol–water partition coefficient (Wildman–Crippen LogP) is 2.47. The fraction of sp³-hybridized carbons (Fsp3) is 0.625. The van der Waals surface area contributed by atoms with Crippen LogP contribution in [-0.2, 0) is 0 Å². The Bertz CT molecular complexity index is 364. The molecule has 1 aliphatic heterocycles. The lowest BCUT2D eigenvalue weighted by Crippen LogP contribution is -2.45. The second-order valence-corrected chi connectivity index (χ2v) is 5.85. The van der Waals surface area contributed by atoms with E-state index in [9.17, 15) is 0 Å². The quantitative estimate of drug-likeness (QED) is 0.878. The van der Waals surface area contributed by atoms with Crippen molar-refractivity contribution in [3.8, 4) is 0 Å². The van der Waals surface area contributed by atoms with Gasteiger partial charge in [0.15, 0.2) is 0 Å². The fourth-order valence-electron chi connectivity index (χ4n) is 2.42. The molecule has 0 atom stereocenters. The minimum absolute atomic E-state index is 0.611. The number of anilines is 1. The molecule has 3 nitrogen and oxygen atoms in total. The van der Waals surface area contributed by atoms with Crippen molar-refractivity contribution in [2.45, 2.75) is 19.8 Å². The minimum Gasteiger partial charge on any atom is -0.384 e. The summed E-state index contributed by atoms with van der Waals surface area (Å²) in [6.45, 7) is 11.4. The fourth-order valence-corrected chi connectivity index (χ4v) is 2.42. The molecular formula is C16H27N3. The molecule has 0 aliphatic carbocycles. The van der Waals surface area contributed by atoms with Gasteiger partial charge in [0.05, 0.1) is 0 Å². The summed E-state index contributed by atoms with van der Waals surface area (Å²) in [6.07, 6.45) is 0. The van der Waals surface area contributed by atoms with Crippen molar-refractivity contribution < 1.29 is 0 Å². The Balaban J connectivity index is 1.70. The summed E-state index contributed by atoms with van der Waals surface area (Å²) in [5.74, 6) is 0.611. The van der Waals surface area contributed by atoms with Gasteiger partial charge in [-0.3, -0.25) is 4.90 Å². The lowest BCUT2D eigenvalue weighted by molar-refractivity contribution is 0.158. The van der Waals surface area contributed by atoms with Crippen LogP contribution in [0.4, 0.5) is 5.69 Å². The first-order valence-corrected chi connectivity index (χ1v) is 7.40. The van der Waals surface area contributed by atoms with E-state index in [2.05, 4.69) is 60.3 Å². The molecule has 0 bridgehead atoms. The Morgan fingerprint density at radius 1 is 1.05 bits per heavy atom. The maximum Gasteiger partial charge on any atom is 0.0340 e. The summed E-state index contributed by atoms with van der Waals surface area (Å²) in [5.41, 5.74) is 2.64. The van der Waals surface area contributed by atoms with E-state index < -0.39 is 0 Å². The topological polar surface area (TPSA) is 18.5 Å². The van der Waals surface area contributed by atoms with Crippen LogP contribution < -0.4 is 5.32 Å². The normalized spacial score (nSPS) is 17.9. The van der Waals surface area contributed by atoms with E-state index in [0.717, 1.165) is 13.1 Å². The molecule has 1 aromatic carbocycles. The Kier molecular flexibility index (Phi) is 5.23. The Hall–Kier alpha value is -1.06. The van der Waals surface area contributed by atoms with Crippen molar-refractivity contribution in [3.05, 3.63) is 29.8 Å². The maximum atomic E-state index is 3.51. The lowest BCUT2D eigenvalue weighted by atomic mass is 10.0. The highest BCUT2D eigenvalue weighted by molar-refractivity contribution is 5.45. The van der Waals surface area contributed by atoms with Crippen LogP contribution in [0.3, 0.4) is 0 Å². The molecule has 0 unspecified atom stereocenters. The molecule has 0 spiro atoms. The number of hydrogen-bond acceptors (Lipinski definition) is 3. The molecule has 19 heavy (non-hydrogen) atoms. The number of likely N-dealkylation sites (N-methyl/N-ethyl adjacent to an activating group) is 1. The van der Waals surface area contributed by atoms with E-state index in [1.54, 1.807) is 0 Å². The van der Waals surface area contributed by atoms with E-state index in [1.165, 1.54) is 37.4 Å². The van der Waals surface area contributed by atoms with Gasteiger partial charge in [-0.25, -0.2) is 0 Å². The molecule has 2 rings (SSSR count). The molecule has 1 aromatic rings. The number of rotatable bonds is 5. The zero-order chi connectivity index (χ0) is 13.7. The van der Waals surface area contributed by atoms with Crippen LogP contribution in [0.15, 0.2) is 24.3 Å². The van der Waals surface area contributed by atoms with Gasteiger partial charge in [-0.2, -0.15) is 0 Å². The van der Waals surface area contributed by atoms with Crippen molar-refractivity contribution in [2.75, 3.05) is 51.6 Å². The number of hydrogen-bond donors (Lipinski definition) is 1. The van der Waals surface area contributed by atoms with Gasteiger partial charge < -0.3 is 10.2 Å². The highest BCUT2D eigenvalue weighted by atomic mass is 15.2. The maximum absolute atomic E-state index is 3.51. The van der Waals surface area contributed by atoms with E-state index in [0.29, 0.717) is 5.92 Å². The summed E-state index contributed by atoms with van der Waals surface area (Å²) < 4.78 is 0. The summed E-state index contributed by atoms with van der Waals surface area (Å²) in [5, 5.41) is 3.51. The van der Waals surface area contributed by atoms with Gasteiger partial charge in [0.25, 0.3) is 0 Å². The van der Waals surface area contributed by atoms with Gasteiger partial charge in [-0.15, -0.1) is 0 Å². The van der Waals surface area contributed by atoms with Gasteiger partial charge in [0.2, 0.25) is 0 Å². The smallest absolute Gasteiger partial charge is 0.0340 e. The highest BCUT2D eigenvalue weighted by Crippen LogP contribution is 2.16. The number of nitrogens with one attached hydrogen (secondary N) is 1. The summed E-state index contributed by atoms with van der Waals surface area (Å²) in [7, 11) is 2.20. The molecule has 1 heterocycles. The van der Waals surface area contributed by atoms with Crippen molar-refractivity contribution in [1.82, 2.24) is 9.80 Å². The van der Waals surface area contributed by atoms with Gasteiger partial charge in [-0.05, 0) is 30.7 Å². The third kappa shape index (κ3) is 4.51. The molecule has 1 fully saturated rings. The number of piperazine rings is 1. The van der Waals surface area contributed by atoms with Crippen molar-refractivity contribution in [2.24, 2.45) is 0 Å². The third-order valence-electron chi connectivity index (χ3n) is 3.93. The van der Waals surface area contributed by atoms with Gasteiger partial charge in [0, 0.05) is 45.0 Å². The zero-order valence-electron chi connectivity index (χ0n) is 12.5. The van der Waals surface area contributed by atoms with Crippen LogP contribution in [0.25, 0.3) is 0 Å². The molecule has 1 N–H and O–H groups in total. The largest absolute Gasteiger partial charge is 0.384 e. The van der Waals surface area contributed by atoms with E-state index >= 15 is 0 Å². The average molecular weight is 261 g/mol. The van der Waals surface area contributed by atoms with Crippen LogP contribution in [0.5, 0.6) is 0 Å². The standard InChI is InChI=1S/C16H27N3/c1-14(2)15-4-6-16(7-5-15)17-8-9-19-12-10-18(3)11-13-19/h4-7,14,17H,8-13H2,1-3H3. The first kappa shape index (κ1) is 14.4. The average Bonchev–Trinajstić information content (AvgIpc) is 2.41. The van der Waals surface area contributed by atoms with Crippen molar-refractivity contribution in [3.63, 3.8) is 0 Å². The molecular weight excluding hydrogens is 234 g/mol. The molecule has 0 amide bonds. The molecule has 0 aromatic heterocycles. The monoisotopic (exact) mass is 261 g/mol. The van der Waals surface area contributed by atoms with Crippen molar-refractivity contribution >= 4 is 5.69 Å². The first-order valence-electron chi connectivity index (χ1n) is 7.40. The Morgan fingerprint density at radius 3 is 2.26 bits per heavy atom. The second-order valence-electron chi connectivity index (χ2n) is 5.85. The SMILES string of the molecule is CC(C)c1ccc(NCCN2CCN(C)CC2)cc1. The van der Waals surface area contributed by atoms with Crippen LogP contribution in [0, 0.1) is 0 Å². The summed E-state index contributed by atoms with van der Waals surface area (Å²) in [4.78, 5) is 4.93. The number of benzene rings is 1. The van der Waals surface area contributed by atoms with E-state index in [4.69, 9.17) is 0 Å². The minimum atomic E-state index is 0.611. The van der Waals surface area contributed by atoms with E-state index in [1.807, 2.05) is 0 Å². The molecule has 1 aliphatic rings. The Labute approximate surface area is 117 Å². The van der Waals surface area contributed by atoms with Crippen LogP contribution in [-0.4, -0.2) is 56.1 Å². The molecule has 1 saturated heterocycles. The van der Waals surface area contributed by atoms with Gasteiger partial charge >= 0.3 is 0 Å². The van der Waals surface area contributed by atoms with E-state index in [-0.39, 0.29) is 0 Å². The van der Waals surface area contributed by atoms with Gasteiger partial charge in [0.1, 0.15) is 0 Å². The third-order valence-corrected chi connectivity index (χ3v) is 3.93. The molecule has 0 radical (unpaired) electrons. The first-order chi connectivity index (χ1) is 9.15. The second kappa shape index (κ2) is 6.92. The van der Waals surface area contributed by atoms with Gasteiger partial charge in [-0.1, -0.05) is 26.0 Å². The zero-order valence-corrected chi connectivity index (χ0v) is 12.5. The van der Waals surface area contributed by atoms with Crippen LogP contribution >= 0.6 is 0 Å². The summed E-state index contributed by atoms with van der Waals surface area (Å²) >= 11 is 0. The number of nitrogens with zero attached hydrogens (tertiary/aromatic N) is 2. The van der Waals surface area contributed by atoms with Crippen molar-refractivity contribution in [1.29, 1.82) is 0 Å². The van der Waals surface area contributed by atoms with Crippen LogP contribution in [0.2, 0.25) is 0 Å². The van der Waals surface area contributed by atoms with Crippen LogP contribution in [0.1, 0.15) is 25.3 Å². The highest BCUT2D eigenvalue weighted by Gasteiger charge is 2.12. The molecule has 106 valence electrons. The Morgan fingerprint density at radius 2 is 1.68 bits per heavy atom. The molecule has 3 heteroatoms. The molecule has 0 saturated carbocycles. The summed E-state index contributed by atoms with van der Waals surface area (Å²) in [6, 6.07) is 8.84. The lowest BCUT2D eigenvalue weighted by Gasteiger charge is -2.32. The predicted molar refractivity (Wildman–Crippen MR) is 83.0 cm³/mol.